The standard InChI is InChI=1S/C27H28ClN5O3/c1-18(34)30-24(19-5-3-2-4-6-19)17-33-16-21-8-7-20(15-22(21)25(33)35)23-9-12-29-26(31-23)32-27(28)10-13-36-14-11-27/h2-9,12,15,24H,10-11,13-14,16-17H2,1H3,(H,30,34)(H,29,31,32)/t24-/m0/s1. The van der Waals surface area contributed by atoms with Crippen LogP contribution in [0.2, 0.25) is 0 Å². The fourth-order valence-corrected chi connectivity index (χ4v) is 4.89. The topological polar surface area (TPSA) is 96.5 Å². The molecule has 3 aromatic rings. The van der Waals surface area contributed by atoms with Crippen molar-refractivity contribution >= 4 is 29.4 Å². The van der Waals surface area contributed by atoms with Gasteiger partial charge >= 0.3 is 0 Å². The Morgan fingerprint density at radius 2 is 1.94 bits per heavy atom. The molecule has 0 saturated carbocycles. The first-order chi connectivity index (χ1) is 17.4. The number of benzene rings is 2. The molecule has 0 spiro atoms. The van der Waals surface area contributed by atoms with Gasteiger partial charge in [0.25, 0.3) is 5.91 Å². The summed E-state index contributed by atoms with van der Waals surface area (Å²) >= 11 is 6.69. The van der Waals surface area contributed by atoms with E-state index in [1.165, 1.54) is 6.92 Å². The lowest BCUT2D eigenvalue weighted by molar-refractivity contribution is -0.119. The zero-order chi connectivity index (χ0) is 25.1. The van der Waals surface area contributed by atoms with Crippen LogP contribution in [0.5, 0.6) is 0 Å². The van der Waals surface area contributed by atoms with E-state index in [9.17, 15) is 9.59 Å². The molecule has 1 fully saturated rings. The normalized spacial score (nSPS) is 17.4. The zero-order valence-corrected chi connectivity index (χ0v) is 20.8. The van der Waals surface area contributed by atoms with Gasteiger partial charge in [-0.1, -0.05) is 54.1 Å². The molecule has 1 aromatic heterocycles. The number of anilines is 1. The Labute approximate surface area is 215 Å². The summed E-state index contributed by atoms with van der Waals surface area (Å²) in [6.45, 7) is 3.54. The molecule has 2 aliphatic rings. The average molecular weight is 506 g/mol. The van der Waals surface area contributed by atoms with Gasteiger partial charge in [0.1, 0.15) is 5.00 Å². The Morgan fingerprint density at radius 3 is 2.69 bits per heavy atom. The van der Waals surface area contributed by atoms with Gasteiger partial charge in [-0.3, -0.25) is 9.59 Å². The van der Waals surface area contributed by atoms with E-state index in [1.807, 2.05) is 54.6 Å². The number of amides is 2. The summed E-state index contributed by atoms with van der Waals surface area (Å²) in [7, 11) is 0. The van der Waals surface area contributed by atoms with Crippen LogP contribution >= 0.6 is 11.6 Å². The van der Waals surface area contributed by atoms with Gasteiger partial charge in [0.15, 0.2) is 0 Å². The number of alkyl halides is 1. The molecule has 36 heavy (non-hydrogen) atoms. The first-order valence-corrected chi connectivity index (χ1v) is 12.4. The number of carbonyl (C=O) groups is 2. The molecule has 0 bridgehead atoms. The highest BCUT2D eigenvalue weighted by atomic mass is 35.5. The van der Waals surface area contributed by atoms with Crippen molar-refractivity contribution in [3.63, 3.8) is 0 Å². The van der Waals surface area contributed by atoms with Crippen LogP contribution < -0.4 is 10.6 Å². The lowest BCUT2D eigenvalue weighted by Crippen LogP contribution is -2.38. The monoisotopic (exact) mass is 505 g/mol. The summed E-state index contributed by atoms with van der Waals surface area (Å²) in [5.74, 6) is 0.245. The number of rotatable bonds is 7. The van der Waals surface area contributed by atoms with Gasteiger partial charge in [-0.2, -0.15) is 0 Å². The van der Waals surface area contributed by atoms with E-state index in [0.717, 1.165) is 16.7 Å². The molecule has 2 aromatic carbocycles. The maximum Gasteiger partial charge on any atom is 0.254 e. The maximum atomic E-state index is 13.3. The molecular formula is C27H28ClN5O3. The summed E-state index contributed by atoms with van der Waals surface area (Å²) in [5, 5.41) is 6.22. The van der Waals surface area contributed by atoms with Crippen LogP contribution in [0.1, 0.15) is 47.3 Å². The highest BCUT2D eigenvalue weighted by molar-refractivity contribution is 6.25. The number of halogens is 1. The van der Waals surface area contributed by atoms with Crippen molar-refractivity contribution in [2.24, 2.45) is 0 Å². The molecule has 0 unspecified atom stereocenters. The van der Waals surface area contributed by atoms with E-state index in [-0.39, 0.29) is 17.9 Å². The second-order valence-electron chi connectivity index (χ2n) is 9.19. The van der Waals surface area contributed by atoms with E-state index in [1.54, 1.807) is 11.1 Å². The van der Waals surface area contributed by atoms with Crippen molar-refractivity contribution in [2.45, 2.75) is 37.4 Å². The smallest absolute Gasteiger partial charge is 0.254 e. The van der Waals surface area contributed by atoms with E-state index >= 15 is 0 Å². The Hall–Kier alpha value is -3.49. The van der Waals surface area contributed by atoms with Crippen LogP contribution in [-0.4, -0.2) is 51.4 Å². The molecule has 8 nitrogen and oxygen atoms in total. The third kappa shape index (κ3) is 5.34. The lowest BCUT2D eigenvalue weighted by Gasteiger charge is -2.31. The predicted octanol–water partition coefficient (Wildman–Crippen LogP) is 4.13. The molecule has 5 rings (SSSR count). The minimum absolute atomic E-state index is 0.0625. The molecule has 2 amide bonds. The van der Waals surface area contributed by atoms with Crippen LogP contribution in [0.25, 0.3) is 11.3 Å². The highest BCUT2D eigenvalue weighted by Crippen LogP contribution is 2.31. The first kappa shape index (κ1) is 24.2. The Balaban J connectivity index is 1.34. The molecule has 0 aliphatic carbocycles. The average Bonchev–Trinajstić information content (AvgIpc) is 3.18. The number of ether oxygens (including phenoxy) is 1. The zero-order valence-electron chi connectivity index (χ0n) is 20.0. The summed E-state index contributed by atoms with van der Waals surface area (Å²) in [6, 6.07) is 17.0. The van der Waals surface area contributed by atoms with Gasteiger partial charge < -0.3 is 20.3 Å². The van der Waals surface area contributed by atoms with Crippen LogP contribution in [0.4, 0.5) is 5.95 Å². The van der Waals surface area contributed by atoms with E-state index in [2.05, 4.69) is 20.6 Å². The summed E-state index contributed by atoms with van der Waals surface area (Å²) in [4.78, 5) is 35.3. The second-order valence-corrected chi connectivity index (χ2v) is 9.91. The number of nitrogens with zero attached hydrogens (tertiary/aromatic N) is 3. The van der Waals surface area contributed by atoms with Crippen molar-refractivity contribution in [1.82, 2.24) is 20.2 Å². The Kier molecular flexibility index (Phi) is 6.89. The molecule has 3 heterocycles. The van der Waals surface area contributed by atoms with Crippen molar-refractivity contribution in [2.75, 3.05) is 25.1 Å². The Bertz CT molecular complexity index is 1260. The minimum atomic E-state index is -0.630. The first-order valence-electron chi connectivity index (χ1n) is 12.0. The largest absolute Gasteiger partial charge is 0.381 e. The van der Waals surface area contributed by atoms with Crippen molar-refractivity contribution in [3.05, 3.63) is 77.5 Å². The second kappa shape index (κ2) is 10.2. The van der Waals surface area contributed by atoms with Crippen LogP contribution in [0.15, 0.2) is 60.8 Å². The number of nitrogens with one attached hydrogen (secondary N) is 2. The number of fused-ring (bicyclic) bond motifs is 1. The van der Waals surface area contributed by atoms with Crippen molar-refractivity contribution < 1.29 is 14.3 Å². The SMILES string of the molecule is CC(=O)N[C@@H](CN1Cc2ccc(-c3ccnc(NC4(Cl)CCOCC4)n3)cc2C1=O)c1ccccc1. The molecule has 1 atom stereocenters. The highest BCUT2D eigenvalue weighted by Gasteiger charge is 2.32. The molecule has 9 heteroatoms. The van der Waals surface area contributed by atoms with E-state index in [0.29, 0.717) is 56.4 Å². The summed E-state index contributed by atoms with van der Waals surface area (Å²) in [6.07, 6.45) is 3.01. The van der Waals surface area contributed by atoms with Crippen LogP contribution in [-0.2, 0) is 16.1 Å². The number of aromatic nitrogens is 2. The van der Waals surface area contributed by atoms with Gasteiger partial charge in [-0.05, 0) is 23.3 Å². The maximum absolute atomic E-state index is 13.3. The van der Waals surface area contributed by atoms with E-state index in [4.69, 9.17) is 16.3 Å². The minimum Gasteiger partial charge on any atom is -0.381 e. The number of hydrogen-bond donors (Lipinski definition) is 2. The van der Waals surface area contributed by atoms with Crippen molar-refractivity contribution in [3.8, 4) is 11.3 Å². The lowest BCUT2D eigenvalue weighted by atomic mass is 10.0. The van der Waals surface area contributed by atoms with Crippen molar-refractivity contribution in [1.29, 1.82) is 0 Å². The fourth-order valence-electron chi connectivity index (χ4n) is 4.65. The molecular weight excluding hydrogens is 478 g/mol. The third-order valence-corrected chi connectivity index (χ3v) is 7.02. The summed E-state index contributed by atoms with van der Waals surface area (Å²) < 4.78 is 5.40. The molecule has 2 aliphatic heterocycles. The molecule has 2 N–H and O–H groups in total. The quantitative estimate of drug-likeness (QED) is 0.370. The van der Waals surface area contributed by atoms with Gasteiger partial charge in [0, 0.05) is 50.2 Å². The third-order valence-electron chi connectivity index (χ3n) is 6.54. The molecule has 0 radical (unpaired) electrons. The molecule has 186 valence electrons. The molecule has 1 saturated heterocycles. The van der Waals surface area contributed by atoms with Gasteiger partial charge in [0.05, 0.1) is 24.9 Å². The Morgan fingerprint density at radius 1 is 1.17 bits per heavy atom. The number of hydrogen-bond acceptors (Lipinski definition) is 6. The van der Waals surface area contributed by atoms with Gasteiger partial charge in [-0.25, -0.2) is 9.97 Å². The van der Waals surface area contributed by atoms with Crippen LogP contribution in [0.3, 0.4) is 0 Å². The summed E-state index contributed by atoms with van der Waals surface area (Å²) in [5.41, 5.74) is 4.08. The number of carbonyl (C=O) groups excluding carboxylic acids is 2. The fraction of sp³-hybridized carbons (Fsp3) is 0.333. The van der Waals surface area contributed by atoms with Gasteiger partial charge in [-0.15, -0.1) is 0 Å². The predicted molar refractivity (Wildman–Crippen MR) is 137 cm³/mol. The van der Waals surface area contributed by atoms with E-state index < -0.39 is 5.00 Å². The van der Waals surface area contributed by atoms with Crippen LogP contribution in [0, 0.1) is 0 Å². The van der Waals surface area contributed by atoms with Gasteiger partial charge in [0.2, 0.25) is 11.9 Å².